The molecule has 3 heteroatoms. The molecule has 1 aliphatic rings. The topological polar surface area (TPSA) is 29.5 Å². The van der Waals surface area contributed by atoms with Gasteiger partial charge in [-0.15, -0.1) is 0 Å². The molecule has 1 fully saturated rings. The van der Waals surface area contributed by atoms with Crippen molar-refractivity contribution in [3.8, 4) is 0 Å². The minimum atomic E-state index is -0.0312. The Morgan fingerprint density at radius 3 is 2.18 bits per heavy atom. The fourth-order valence-electron chi connectivity index (χ4n) is 3.15. The van der Waals surface area contributed by atoms with Crippen LogP contribution in [0, 0.1) is 0 Å². The van der Waals surface area contributed by atoms with E-state index in [4.69, 9.17) is 4.74 Å². The van der Waals surface area contributed by atoms with Crippen LogP contribution in [-0.2, 0) is 9.53 Å². The molecule has 0 unspecified atom stereocenters. The van der Waals surface area contributed by atoms with Gasteiger partial charge in [0.25, 0.3) is 0 Å². The van der Waals surface area contributed by atoms with Crippen molar-refractivity contribution in [1.29, 1.82) is 0 Å². The molecule has 0 bridgehead atoms. The van der Waals surface area contributed by atoms with Gasteiger partial charge in [0, 0.05) is 6.92 Å². The van der Waals surface area contributed by atoms with Gasteiger partial charge in [-0.3, -0.25) is 4.79 Å². The first kappa shape index (κ1) is 14.8. The highest BCUT2D eigenvalue weighted by molar-refractivity contribution is 5.74. The van der Waals surface area contributed by atoms with Crippen molar-refractivity contribution in [2.45, 2.75) is 32.0 Å². The van der Waals surface area contributed by atoms with Crippen molar-refractivity contribution in [3.05, 3.63) is 71.8 Å². The molecule has 2 aromatic carbocycles. The van der Waals surface area contributed by atoms with Crippen molar-refractivity contribution in [3.63, 3.8) is 0 Å². The normalized spacial score (nSPS) is 21.7. The standard InChI is InChI=1S/C19H21NO2/c1-14(16-9-5-3-6-10-16)20(15(2)21)18-13-22-19(18)17-11-7-4-8-12-17/h3-12,14,18-19H,13H2,1-2H3/t14-,18+,19+/m1/s1. The van der Waals surface area contributed by atoms with Gasteiger partial charge in [0.2, 0.25) is 5.91 Å². The van der Waals surface area contributed by atoms with Crippen molar-refractivity contribution >= 4 is 5.91 Å². The quantitative estimate of drug-likeness (QED) is 0.860. The lowest BCUT2D eigenvalue weighted by atomic mass is 9.94. The molecular formula is C19H21NO2. The predicted molar refractivity (Wildman–Crippen MR) is 86.3 cm³/mol. The van der Waals surface area contributed by atoms with E-state index in [1.807, 2.05) is 41.3 Å². The number of ether oxygens (including phenoxy) is 1. The molecule has 0 radical (unpaired) electrons. The third-order valence-corrected chi connectivity index (χ3v) is 4.34. The van der Waals surface area contributed by atoms with Crippen LogP contribution in [0.25, 0.3) is 0 Å². The zero-order chi connectivity index (χ0) is 15.5. The summed E-state index contributed by atoms with van der Waals surface area (Å²) in [6, 6.07) is 20.4. The van der Waals surface area contributed by atoms with Gasteiger partial charge >= 0.3 is 0 Å². The molecule has 1 aliphatic heterocycles. The number of hydrogen-bond donors (Lipinski definition) is 0. The zero-order valence-corrected chi connectivity index (χ0v) is 13.0. The van der Waals surface area contributed by atoms with Crippen LogP contribution in [0.4, 0.5) is 0 Å². The highest BCUT2D eigenvalue weighted by Gasteiger charge is 2.41. The lowest BCUT2D eigenvalue weighted by Crippen LogP contribution is -2.53. The number of nitrogens with zero attached hydrogens (tertiary/aromatic N) is 1. The Morgan fingerprint density at radius 2 is 1.68 bits per heavy atom. The van der Waals surface area contributed by atoms with Gasteiger partial charge in [-0.2, -0.15) is 0 Å². The van der Waals surface area contributed by atoms with Crippen molar-refractivity contribution < 1.29 is 9.53 Å². The number of carbonyl (C=O) groups excluding carboxylic acids is 1. The van der Waals surface area contributed by atoms with Crippen LogP contribution < -0.4 is 0 Å². The number of rotatable bonds is 4. The molecule has 2 aromatic rings. The fourth-order valence-corrected chi connectivity index (χ4v) is 3.15. The molecule has 3 atom stereocenters. The smallest absolute Gasteiger partial charge is 0.220 e. The molecule has 0 aliphatic carbocycles. The van der Waals surface area contributed by atoms with Gasteiger partial charge < -0.3 is 9.64 Å². The second-order valence-electron chi connectivity index (χ2n) is 5.74. The summed E-state index contributed by atoms with van der Waals surface area (Å²) >= 11 is 0. The van der Waals surface area contributed by atoms with Crippen molar-refractivity contribution in [1.82, 2.24) is 4.90 Å². The summed E-state index contributed by atoms with van der Waals surface area (Å²) in [5.74, 6) is 0.0885. The molecule has 0 saturated carbocycles. The third kappa shape index (κ3) is 2.77. The Bertz CT molecular complexity index is 626. The van der Waals surface area contributed by atoms with Crippen molar-refractivity contribution in [2.75, 3.05) is 6.61 Å². The molecule has 0 N–H and O–H groups in total. The molecule has 22 heavy (non-hydrogen) atoms. The Hall–Kier alpha value is -2.13. The first-order chi connectivity index (χ1) is 10.7. The summed E-state index contributed by atoms with van der Waals surface area (Å²) in [4.78, 5) is 14.2. The maximum absolute atomic E-state index is 12.2. The lowest BCUT2D eigenvalue weighted by molar-refractivity contribution is -0.167. The molecule has 1 heterocycles. The molecule has 3 rings (SSSR count). The van der Waals surface area contributed by atoms with E-state index < -0.39 is 0 Å². The van der Waals surface area contributed by atoms with Crippen LogP contribution >= 0.6 is 0 Å². The summed E-state index contributed by atoms with van der Waals surface area (Å²) in [5, 5.41) is 0. The van der Waals surface area contributed by atoms with Gasteiger partial charge in [0.1, 0.15) is 6.10 Å². The average Bonchev–Trinajstić information content (AvgIpc) is 2.52. The Morgan fingerprint density at radius 1 is 1.09 bits per heavy atom. The number of amides is 1. The molecule has 3 nitrogen and oxygen atoms in total. The summed E-state index contributed by atoms with van der Waals surface area (Å²) < 4.78 is 5.75. The first-order valence-corrected chi connectivity index (χ1v) is 7.69. The van der Waals surface area contributed by atoms with E-state index in [-0.39, 0.29) is 24.1 Å². The van der Waals surface area contributed by atoms with Crippen molar-refractivity contribution in [2.24, 2.45) is 0 Å². The van der Waals surface area contributed by atoms with Crippen LogP contribution in [0.5, 0.6) is 0 Å². The number of carbonyl (C=O) groups is 1. The largest absolute Gasteiger partial charge is 0.369 e. The molecule has 1 saturated heterocycles. The van der Waals surface area contributed by atoms with Crippen LogP contribution in [0.1, 0.15) is 37.1 Å². The van der Waals surface area contributed by atoms with Gasteiger partial charge in [-0.25, -0.2) is 0 Å². The fraction of sp³-hybridized carbons (Fsp3) is 0.316. The Kier molecular flexibility index (Phi) is 4.25. The van der Waals surface area contributed by atoms with Crippen LogP contribution in [0.15, 0.2) is 60.7 Å². The maximum atomic E-state index is 12.2. The van der Waals surface area contributed by atoms with E-state index in [1.165, 1.54) is 0 Å². The van der Waals surface area contributed by atoms with Crippen LogP contribution in [-0.4, -0.2) is 23.5 Å². The average molecular weight is 295 g/mol. The van der Waals surface area contributed by atoms with E-state index in [1.54, 1.807) is 6.92 Å². The van der Waals surface area contributed by atoms with E-state index in [2.05, 4.69) is 31.2 Å². The Labute approximate surface area is 131 Å². The van der Waals surface area contributed by atoms with E-state index in [9.17, 15) is 4.79 Å². The van der Waals surface area contributed by atoms with E-state index >= 15 is 0 Å². The SMILES string of the molecule is CC(=O)N([C@H](C)c1ccccc1)[C@H]1CO[C@H]1c1ccccc1. The minimum absolute atomic E-state index is 0.0312. The van der Waals surface area contributed by atoms with Crippen LogP contribution in [0.3, 0.4) is 0 Å². The van der Waals surface area contributed by atoms with Gasteiger partial charge in [-0.1, -0.05) is 60.7 Å². The second-order valence-corrected chi connectivity index (χ2v) is 5.74. The third-order valence-electron chi connectivity index (χ3n) is 4.34. The van der Waals surface area contributed by atoms with E-state index in [0.29, 0.717) is 6.61 Å². The number of benzene rings is 2. The van der Waals surface area contributed by atoms with Crippen LogP contribution in [0.2, 0.25) is 0 Å². The first-order valence-electron chi connectivity index (χ1n) is 7.69. The van der Waals surface area contributed by atoms with Gasteiger partial charge in [-0.05, 0) is 18.1 Å². The Balaban J connectivity index is 1.84. The maximum Gasteiger partial charge on any atom is 0.220 e. The van der Waals surface area contributed by atoms with E-state index in [0.717, 1.165) is 11.1 Å². The second kappa shape index (κ2) is 6.32. The lowest BCUT2D eigenvalue weighted by Gasteiger charge is -2.46. The predicted octanol–water partition coefficient (Wildman–Crippen LogP) is 3.74. The van der Waals surface area contributed by atoms with Gasteiger partial charge in [0.05, 0.1) is 18.7 Å². The molecule has 0 aromatic heterocycles. The highest BCUT2D eigenvalue weighted by Crippen LogP contribution is 2.37. The minimum Gasteiger partial charge on any atom is -0.369 e. The summed E-state index contributed by atoms with van der Waals surface area (Å²) in [6.45, 7) is 4.31. The zero-order valence-electron chi connectivity index (χ0n) is 13.0. The molecule has 1 amide bonds. The molecule has 114 valence electrons. The molecule has 0 spiro atoms. The summed E-state index contributed by atoms with van der Waals surface area (Å²) in [7, 11) is 0. The molecular weight excluding hydrogens is 274 g/mol. The monoisotopic (exact) mass is 295 g/mol. The number of hydrogen-bond acceptors (Lipinski definition) is 2. The summed E-state index contributed by atoms with van der Waals surface area (Å²) in [6.07, 6.45) is -0.0312. The summed E-state index contributed by atoms with van der Waals surface area (Å²) in [5.41, 5.74) is 2.28. The highest BCUT2D eigenvalue weighted by atomic mass is 16.5. The van der Waals surface area contributed by atoms with Gasteiger partial charge in [0.15, 0.2) is 0 Å².